The third-order valence-corrected chi connectivity index (χ3v) is 3.91. The van der Waals surface area contributed by atoms with E-state index in [-0.39, 0.29) is 30.7 Å². The Balaban J connectivity index is 2.05. The van der Waals surface area contributed by atoms with E-state index in [1.165, 1.54) is 23.3 Å². The number of benzene rings is 1. The summed E-state index contributed by atoms with van der Waals surface area (Å²) in [5.41, 5.74) is 0.775. The number of furan rings is 1. The first-order valence-electron chi connectivity index (χ1n) is 8.35. The first-order chi connectivity index (χ1) is 12.0. The van der Waals surface area contributed by atoms with Crippen molar-refractivity contribution in [2.75, 3.05) is 0 Å². The Hall–Kier alpha value is -2.63. The van der Waals surface area contributed by atoms with Crippen LogP contribution in [0.25, 0.3) is 0 Å². The third kappa shape index (κ3) is 5.45. The molecular formula is C19H23FN2O3. The van der Waals surface area contributed by atoms with Gasteiger partial charge in [-0.15, -0.1) is 0 Å². The van der Waals surface area contributed by atoms with Crippen LogP contribution >= 0.6 is 0 Å². The molecule has 2 amide bonds. The normalized spacial score (nSPS) is 11.8. The van der Waals surface area contributed by atoms with E-state index in [4.69, 9.17) is 4.42 Å². The van der Waals surface area contributed by atoms with Gasteiger partial charge in [0.25, 0.3) is 0 Å². The van der Waals surface area contributed by atoms with Crippen molar-refractivity contribution in [3.05, 3.63) is 59.8 Å². The van der Waals surface area contributed by atoms with Gasteiger partial charge >= 0.3 is 0 Å². The van der Waals surface area contributed by atoms with Crippen LogP contribution in [0, 0.1) is 5.82 Å². The van der Waals surface area contributed by atoms with Crippen molar-refractivity contribution in [1.82, 2.24) is 10.2 Å². The monoisotopic (exact) mass is 346 g/mol. The van der Waals surface area contributed by atoms with Crippen molar-refractivity contribution < 1.29 is 18.4 Å². The van der Waals surface area contributed by atoms with Gasteiger partial charge in [0.1, 0.15) is 17.6 Å². The molecule has 0 aliphatic carbocycles. The van der Waals surface area contributed by atoms with Crippen LogP contribution in [0.2, 0.25) is 0 Å². The summed E-state index contributed by atoms with van der Waals surface area (Å²) in [6, 6.07) is 8.81. The summed E-state index contributed by atoms with van der Waals surface area (Å²) in [5.74, 6) is -0.0552. The second-order valence-corrected chi connectivity index (χ2v) is 5.87. The molecule has 0 spiro atoms. The van der Waals surface area contributed by atoms with Crippen molar-refractivity contribution >= 4 is 11.8 Å². The van der Waals surface area contributed by atoms with Gasteiger partial charge in [-0.25, -0.2) is 4.39 Å². The standard InChI is InChI=1S/C19H23FN2O3/c1-3-5-18(23)22(13-15-7-9-16(20)10-8-15)14(2)19(24)21-12-17-6-4-11-25-17/h4,6-11,14H,3,5,12-13H2,1-2H3,(H,21,24)/t14-/m1/s1. The molecule has 0 aliphatic heterocycles. The van der Waals surface area contributed by atoms with Gasteiger partial charge in [-0.3, -0.25) is 9.59 Å². The van der Waals surface area contributed by atoms with Crippen molar-refractivity contribution in [2.24, 2.45) is 0 Å². The van der Waals surface area contributed by atoms with E-state index in [1.54, 1.807) is 31.2 Å². The Morgan fingerprint density at radius 2 is 1.96 bits per heavy atom. The van der Waals surface area contributed by atoms with E-state index >= 15 is 0 Å². The lowest BCUT2D eigenvalue weighted by atomic mass is 10.1. The highest BCUT2D eigenvalue weighted by Crippen LogP contribution is 2.13. The van der Waals surface area contributed by atoms with Crippen LogP contribution < -0.4 is 5.32 Å². The number of nitrogens with one attached hydrogen (secondary N) is 1. The zero-order valence-corrected chi connectivity index (χ0v) is 14.5. The number of halogens is 1. The van der Waals surface area contributed by atoms with Gasteiger partial charge in [-0.05, 0) is 43.2 Å². The summed E-state index contributed by atoms with van der Waals surface area (Å²) in [7, 11) is 0. The average molecular weight is 346 g/mol. The lowest BCUT2D eigenvalue weighted by molar-refractivity contribution is -0.140. The summed E-state index contributed by atoms with van der Waals surface area (Å²) < 4.78 is 18.3. The zero-order chi connectivity index (χ0) is 18.2. The van der Waals surface area contributed by atoms with Crippen molar-refractivity contribution in [2.45, 2.75) is 45.8 Å². The maximum absolute atomic E-state index is 13.1. The molecule has 0 unspecified atom stereocenters. The first kappa shape index (κ1) is 18.7. The smallest absolute Gasteiger partial charge is 0.242 e. The van der Waals surface area contributed by atoms with Crippen LogP contribution in [0.5, 0.6) is 0 Å². The van der Waals surface area contributed by atoms with Crippen LogP contribution in [-0.4, -0.2) is 22.8 Å². The van der Waals surface area contributed by atoms with E-state index < -0.39 is 6.04 Å². The number of hydrogen-bond donors (Lipinski definition) is 1. The number of carbonyl (C=O) groups is 2. The van der Waals surface area contributed by atoms with E-state index in [0.717, 1.165) is 5.56 Å². The van der Waals surface area contributed by atoms with Crippen LogP contribution in [0.15, 0.2) is 47.1 Å². The summed E-state index contributed by atoms with van der Waals surface area (Å²) in [5, 5.41) is 2.77. The number of carbonyl (C=O) groups excluding carboxylic acids is 2. The Labute approximate surface area is 146 Å². The highest BCUT2D eigenvalue weighted by Gasteiger charge is 2.25. The highest BCUT2D eigenvalue weighted by molar-refractivity contribution is 5.87. The van der Waals surface area contributed by atoms with Crippen molar-refractivity contribution in [3.8, 4) is 0 Å². The molecule has 5 nitrogen and oxygen atoms in total. The zero-order valence-electron chi connectivity index (χ0n) is 14.5. The van der Waals surface area contributed by atoms with E-state index in [2.05, 4.69) is 5.32 Å². The van der Waals surface area contributed by atoms with Gasteiger partial charge in [-0.1, -0.05) is 19.1 Å². The molecule has 0 aliphatic rings. The number of amides is 2. The van der Waals surface area contributed by atoms with E-state index in [1.807, 2.05) is 6.92 Å². The highest BCUT2D eigenvalue weighted by atomic mass is 19.1. The lowest BCUT2D eigenvalue weighted by Gasteiger charge is -2.28. The molecule has 0 radical (unpaired) electrons. The second-order valence-electron chi connectivity index (χ2n) is 5.87. The molecule has 134 valence electrons. The molecular weight excluding hydrogens is 323 g/mol. The van der Waals surface area contributed by atoms with Gasteiger partial charge in [0.05, 0.1) is 12.8 Å². The van der Waals surface area contributed by atoms with Gasteiger partial charge in [-0.2, -0.15) is 0 Å². The number of rotatable bonds is 8. The van der Waals surface area contributed by atoms with Gasteiger partial charge in [0.2, 0.25) is 11.8 Å². The predicted molar refractivity (Wildman–Crippen MR) is 91.9 cm³/mol. The summed E-state index contributed by atoms with van der Waals surface area (Å²) in [6.07, 6.45) is 2.59. The van der Waals surface area contributed by atoms with Crippen molar-refractivity contribution in [3.63, 3.8) is 0 Å². The Bertz CT molecular complexity index is 683. The fraction of sp³-hybridized carbons (Fsp3) is 0.368. The fourth-order valence-corrected chi connectivity index (χ4v) is 2.46. The Morgan fingerprint density at radius 1 is 1.24 bits per heavy atom. The number of nitrogens with zero attached hydrogens (tertiary/aromatic N) is 1. The molecule has 2 aromatic rings. The molecule has 0 saturated heterocycles. The number of hydrogen-bond acceptors (Lipinski definition) is 3. The molecule has 2 rings (SSSR count). The largest absolute Gasteiger partial charge is 0.467 e. The topological polar surface area (TPSA) is 62.6 Å². The summed E-state index contributed by atoms with van der Waals surface area (Å²) in [4.78, 5) is 26.4. The molecule has 0 bridgehead atoms. The van der Waals surface area contributed by atoms with Crippen molar-refractivity contribution in [1.29, 1.82) is 0 Å². The van der Waals surface area contributed by atoms with Crippen LogP contribution in [0.3, 0.4) is 0 Å². The maximum Gasteiger partial charge on any atom is 0.242 e. The summed E-state index contributed by atoms with van der Waals surface area (Å²) in [6.45, 7) is 4.13. The first-order valence-corrected chi connectivity index (χ1v) is 8.35. The molecule has 1 N–H and O–H groups in total. The van der Waals surface area contributed by atoms with Crippen LogP contribution in [0.1, 0.15) is 38.0 Å². The molecule has 1 atom stereocenters. The molecule has 0 saturated carbocycles. The van der Waals surface area contributed by atoms with Crippen LogP contribution in [0.4, 0.5) is 4.39 Å². The minimum absolute atomic E-state index is 0.104. The molecule has 25 heavy (non-hydrogen) atoms. The van der Waals surface area contributed by atoms with Gasteiger partial charge < -0.3 is 14.6 Å². The predicted octanol–water partition coefficient (Wildman–Crippen LogP) is 3.25. The van der Waals surface area contributed by atoms with Gasteiger partial charge in [0.15, 0.2) is 0 Å². The average Bonchev–Trinajstić information content (AvgIpc) is 3.12. The molecule has 1 aromatic heterocycles. The van der Waals surface area contributed by atoms with E-state index in [9.17, 15) is 14.0 Å². The molecule has 1 heterocycles. The third-order valence-electron chi connectivity index (χ3n) is 3.91. The van der Waals surface area contributed by atoms with Crippen LogP contribution in [-0.2, 0) is 22.7 Å². The molecule has 6 heteroatoms. The van der Waals surface area contributed by atoms with E-state index in [0.29, 0.717) is 18.6 Å². The fourth-order valence-electron chi connectivity index (χ4n) is 2.46. The minimum Gasteiger partial charge on any atom is -0.467 e. The summed E-state index contributed by atoms with van der Waals surface area (Å²) >= 11 is 0. The second kappa shape index (κ2) is 9.01. The molecule has 1 aromatic carbocycles. The minimum atomic E-state index is -0.640. The van der Waals surface area contributed by atoms with Gasteiger partial charge in [0, 0.05) is 13.0 Å². The quantitative estimate of drug-likeness (QED) is 0.798. The Kier molecular flexibility index (Phi) is 6.74. The SMILES string of the molecule is CCCC(=O)N(Cc1ccc(F)cc1)[C@H](C)C(=O)NCc1ccco1. The molecule has 0 fully saturated rings. The lowest BCUT2D eigenvalue weighted by Crippen LogP contribution is -2.47. The Morgan fingerprint density at radius 3 is 2.56 bits per heavy atom. The maximum atomic E-state index is 13.1.